The first-order valence-corrected chi connectivity index (χ1v) is 24.7. The van der Waals surface area contributed by atoms with Gasteiger partial charge >= 0.3 is 0 Å². The molecule has 1 aromatic carbocycles. The molecular formula is C52H73NO10. The monoisotopic (exact) mass is 872 g/mol. The number of fused-ring (bicyclic) bond motifs is 14. The van der Waals surface area contributed by atoms with Crippen LogP contribution in [0, 0.1) is 56.7 Å². The fourth-order valence-corrected chi connectivity index (χ4v) is 19.2. The third-order valence-corrected chi connectivity index (χ3v) is 21.6. The Kier molecular flexibility index (Phi) is 9.21. The van der Waals surface area contributed by atoms with Gasteiger partial charge in [-0.1, -0.05) is 59.1 Å². The molecule has 1 saturated heterocycles. The van der Waals surface area contributed by atoms with Crippen LogP contribution in [-0.2, 0) is 16.0 Å². The lowest BCUT2D eigenvalue weighted by Crippen LogP contribution is -2.72. The molecule has 2 bridgehead atoms. The maximum absolute atomic E-state index is 15.5. The molecule has 0 aromatic heterocycles. The number of aromatic hydroxyl groups is 2. The number of rotatable bonds is 5. The summed E-state index contributed by atoms with van der Waals surface area (Å²) in [5.74, 6) is -3.85. The normalized spacial score (nSPS) is 52.2. The Hall–Kier alpha value is -2.35. The summed E-state index contributed by atoms with van der Waals surface area (Å²) in [5, 5.41) is 103. The van der Waals surface area contributed by atoms with Crippen LogP contribution in [0.3, 0.4) is 0 Å². The third kappa shape index (κ3) is 5.07. The second kappa shape index (κ2) is 13.4. The summed E-state index contributed by atoms with van der Waals surface area (Å²) in [6.45, 7) is 11.6. The maximum atomic E-state index is 15.5. The Morgan fingerprint density at radius 1 is 0.921 bits per heavy atom. The van der Waals surface area contributed by atoms with Gasteiger partial charge in [0, 0.05) is 61.1 Å². The highest BCUT2D eigenvalue weighted by molar-refractivity contribution is 5.96. The Morgan fingerprint density at radius 2 is 1.67 bits per heavy atom. The van der Waals surface area contributed by atoms with E-state index >= 15 is 4.79 Å². The minimum absolute atomic E-state index is 0.0327. The number of carbonyl (C=O) groups excluding carboxylic acids is 1. The minimum Gasteiger partial charge on any atom is -0.508 e. The van der Waals surface area contributed by atoms with Gasteiger partial charge in [0.15, 0.2) is 5.78 Å². The van der Waals surface area contributed by atoms with Crippen LogP contribution >= 0.6 is 0 Å². The molecule has 0 unspecified atom stereocenters. The molecule has 9 N–H and O–H groups in total. The zero-order valence-electron chi connectivity index (χ0n) is 38.1. The number of carbonyl (C=O) groups is 1. The number of allylic oxidation sites excluding steroid dienone is 2. The lowest BCUT2D eigenvalue weighted by atomic mass is 9.36. The molecule has 11 aliphatic rings. The molecule has 1 aliphatic heterocycles. The van der Waals surface area contributed by atoms with Crippen molar-refractivity contribution in [2.24, 2.45) is 56.7 Å². The number of phenols is 2. The SMILES string of the molecule is CCNCC1=C[C@@]2(C)CC[C@@H]1[C@]1(O[C@H]3C[C@@]4(O)C5=CC(=O)[C@@H]6[C@@H]7c8cc(O)cc(O)c8CC[C@]7(O)[C@@H](O)C[C@]6(C)[C@H]5[C@]5(CCC6(CCCC6)C5)C[C@]4(C)[C@H]3[C@]1(O)CCO)[C@@H](O)[C@H]2C. The highest BCUT2D eigenvalue weighted by Crippen LogP contribution is 2.81. The lowest BCUT2D eigenvalue weighted by molar-refractivity contribution is -0.254. The molecule has 17 atom stereocenters. The number of ketones is 1. The molecule has 3 spiro atoms. The number of hydrogen-bond donors (Lipinski definition) is 9. The van der Waals surface area contributed by atoms with Crippen LogP contribution in [0.2, 0.25) is 0 Å². The van der Waals surface area contributed by atoms with Gasteiger partial charge in [0.2, 0.25) is 0 Å². The Labute approximate surface area is 372 Å². The zero-order valence-corrected chi connectivity index (χ0v) is 38.1. The predicted octanol–water partition coefficient (Wildman–Crippen LogP) is 5.48. The van der Waals surface area contributed by atoms with Gasteiger partial charge < -0.3 is 50.9 Å². The van der Waals surface area contributed by atoms with Crippen molar-refractivity contribution in [3.63, 3.8) is 0 Å². The fourth-order valence-electron chi connectivity index (χ4n) is 19.2. The van der Waals surface area contributed by atoms with E-state index in [9.17, 15) is 40.9 Å². The van der Waals surface area contributed by atoms with Gasteiger partial charge in [0.05, 0.1) is 29.5 Å². The van der Waals surface area contributed by atoms with E-state index in [-0.39, 0.29) is 78.2 Å². The van der Waals surface area contributed by atoms with Crippen molar-refractivity contribution in [3.05, 3.63) is 46.6 Å². The fraction of sp³-hybridized carbons (Fsp3) is 0.788. The number of benzene rings is 1. The smallest absolute Gasteiger partial charge is 0.160 e. The largest absolute Gasteiger partial charge is 0.508 e. The van der Waals surface area contributed by atoms with Gasteiger partial charge in [-0.05, 0) is 140 Å². The first kappa shape index (κ1) is 43.2. The van der Waals surface area contributed by atoms with Crippen LogP contribution in [-0.4, -0.2) is 107 Å². The lowest BCUT2D eigenvalue weighted by Gasteiger charge is -2.69. The standard InChI is InChI=1S/C52H73NO10/c1-6-53-25-29-22-44(3)13-10-33(29)52(43(59)28(44)2)50(61,17-18-54)42-37(63-52)23-51(62)34-21-36(57)40-39-32-19-30(55)20-35(56)31(32)9-14-49(39,60)38(58)24-45(40,4)41(34)48(26-46(42,51)5)16-15-47(27-48)11-7-8-12-47/h19-22,28,33,37-43,53-56,58-62H,6-18,23-27H2,1-5H3/t28-,33+,37+,38+,39+,40-,41+,42+,43+,44-,45+,46-,48-,49+,50-,51-,52+/m1/s1. The number of aliphatic hydroxyl groups excluding tert-OH is 3. The number of phenolic OH excluding ortho intramolecular Hbond substituents is 2. The maximum Gasteiger partial charge on any atom is 0.160 e. The summed E-state index contributed by atoms with van der Waals surface area (Å²) in [5.41, 5.74) is -6.35. The molecule has 346 valence electrons. The molecule has 11 nitrogen and oxygen atoms in total. The Balaban J connectivity index is 1.10. The number of ether oxygens (including phenoxy) is 1. The van der Waals surface area contributed by atoms with E-state index in [1.54, 1.807) is 12.1 Å². The van der Waals surface area contributed by atoms with E-state index in [0.717, 1.165) is 63.5 Å². The molecule has 0 amide bonds. The van der Waals surface area contributed by atoms with E-state index in [1.165, 1.54) is 6.07 Å². The first-order valence-electron chi connectivity index (χ1n) is 24.7. The molecule has 7 fully saturated rings. The van der Waals surface area contributed by atoms with Crippen molar-refractivity contribution in [1.82, 2.24) is 5.32 Å². The molecule has 0 radical (unpaired) electrons. The molecule has 1 heterocycles. The van der Waals surface area contributed by atoms with Crippen LogP contribution in [0.15, 0.2) is 35.4 Å². The molecule has 63 heavy (non-hydrogen) atoms. The van der Waals surface area contributed by atoms with Crippen molar-refractivity contribution in [1.29, 1.82) is 0 Å². The molecule has 6 saturated carbocycles. The van der Waals surface area contributed by atoms with Gasteiger partial charge in [-0.25, -0.2) is 0 Å². The van der Waals surface area contributed by atoms with Crippen molar-refractivity contribution in [2.45, 2.75) is 178 Å². The van der Waals surface area contributed by atoms with Crippen LogP contribution in [0.5, 0.6) is 11.5 Å². The molecule has 11 heteroatoms. The van der Waals surface area contributed by atoms with Crippen molar-refractivity contribution in [3.8, 4) is 11.5 Å². The average Bonchev–Trinajstić information content (AvgIpc) is 3.92. The summed E-state index contributed by atoms with van der Waals surface area (Å²) in [6.07, 6.45) is 11.0. The summed E-state index contributed by atoms with van der Waals surface area (Å²) in [6, 6.07) is 2.86. The van der Waals surface area contributed by atoms with Gasteiger partial charge in [0.25, 0.3) is 0 Å². The summed E-state index contributed by atoms with van der Waals surface area (Å²) in [7, 11) is 0. The van der Waals surface area contributed by atoms with E-state index in [1.807, 2.05) is 0 Å². The quantitative estimate of drug-likeness (QED) is 0.170. The molecule has 12 rings (SSSR count). The third-order valence-electron chi connectivity index (χ3n) is 21.6. The Morgan fingerprint density at radius 3 is 2.38 bits per heavy atom. The highest BCUT2D eigenvalue weighted by atomic mass is 16.6. The van der Waals surface area contributed by atoms with E-state index < -0.39 is 74.7 Å². The van der Waals surface area contributed by atoms with E-state index in [4.69, 9.17) is 4.74 Å². The second-order valence-electron chi connectivity index (χ2n) is 24.2. The van der Waals surface area contributed by atoms with Crippen molar-refractivity contribution < 1.29 is 50.4 Å². The van der Waals surface area contributed by atoms with Crippen molar-refractivity contribution >= 4 is 5.78 Å². The minimum atomic E-state index is -1.75. The van der Waals surface area contributed by atoms with Crippen LogP contribution in [0.25, 0.3) is 0 Å². The molecule has 10 aliphatic carbocycles. The number of hydrogen-bond acceptors (Lipinski definition) is 11. The van der Waals surface area contributed by atoms with Gasteiger partial charge in [0.1, 0.15) is 22.7 Å². The number of nitrogens with one attached hydrogen (secondary N) is 1. The van der Waals surface area contributed by atoms with Gasteiger partial charge in [-0.2, -0.15) is 0 Å². The summed E-state index contributed by atoms with van der Waals surface area (Å²) < 4.78 is 7.53. The second-order valence-corrected chi connectivity index (χ2v) is 24.2. The van der Waals surface area contributed by atoms with Crippen LogP contribution < -0.4 is 5.32 Å². The topological polar surface area (TPSA) is 200 Å². The van der Waals surface area contributed by atoms with Gasteiger partial charge in [-0.3, -0.25) is 4.79 Å². The number of likely N-dealkylation sites (N-methyl/N-ethyl adjacent to an activating group) is 1. The molecule has 1 aromatic rings. The zero-order chi connectivity index (χ0) is 44.7. The summed E-state index contributed by atoms with van der Waals surface area (Å²) >= 11 is 0. The first-order chi connectivity index (χ1) is 29.7. The van der Waals surface area contributed by atoms with Crippen LogP contribution in [0.1, 0.15) is 142 Å². The Bertz CT molecular complexity index is 2180. The molecular weight excluding hydrogens is 799 g/mol. The van der Waals surface area contributed by atoms with Gasteiger partial charge in [-0.15, -0.1) is 0 Å². The number of aliphatic hydroxyl groups is 6. The van der Waals surface area contributed by atoms with Crippen molar-refractivity contribution in [2.75, 3.05) is 19.7 Å². The predicted molar refractivity (Wildman–Crippen MR) is 234 cm³/mol. The van der Waals surface area contributed by atoms with E-state index in [0.29, 0.717) is 42.5 Å². The average molecular weight is 872 g/mol. The summed E-state index contributed by atoms with van der Waals surface area (Å²) in [4.78, 5) is 15.5. The highest BCUT2D eigenvalue weighted by Gasteiger charge is 2.85. The van der Waals surface area contributed by atoms with E-state index in [2.05, 4.69) is 46.0 Å². The van der Waals surface area contributed by atoms with Crippen LogP contribution in [0.4, 0.5) is 0 Å².